The zero-order chi connectivity index (χ0) is 16.9. The number of hydrogen-bond acceptors (Lipinski definition) is 2. The van der Waals surface area contributed by atoms with Crippen molar-refractivity contribution in [1.29, 1.82) is 0 Å². The lowest BCUT2D eigenvalue weighted by molar-refractivity contribution is 0.0917. The number of nitrogens with one attached hydrogen (secondary N) is 2. The van der Waals surface area contributed by atoms with Gasteiger partial charge in [-0.2, -0.15) is 0 Å². The number of amides is 3. The maximum atomic E-state index is 12.3. The Hall–Kier alpha value is -2.04. The molecule has 1 aromatic carbocycles. The molecule has 130 valence electrons. The quantitative estimate of drug-likeness (QED) is 0.896. The highest BCUT2D eigenvalue weighted by atomic mass is 16.2. The van der Waals surface area contributed by atoms with Crippen molar-refractivity contribution in [2.45, 2.75) is 57.5 Å². The number of rotatable bonds is 3. The van der Waals surface area contributed by atoms with Gasteiger partial charge in [-0.1, -0.05) is 30.5 Å². The van der Waals surface area contributed by atoms with Crippen LogP contribution in [0.15, 0.2) is 24.3 Å². The summed E-state index contributed by atoms with van der Waals surface area (Å²) in [7, 11) is 0. The molecule has 1 aliphatic carbocycles. The van der Waals surface area contributed by atoms with Gasteiger partial charge in [-0.3, -0.25) is 4.79 Å². The minimum absolute atomic E-state index is 0.0208. The predicted molar refractivity (Wildman–Crippen MR) is 94.0 cm³/mol. The van der Waals surface area contributed by atoms with E-state index in [0.29, 0.717) is 24.7 Å². The zero-order valence-corrected chi connectivity index (χ0v) is 14.4. The number of piperidine rings is 1. The summed E-state index contributed by atoms with van der Waals surface area (Å²) in [6.07, 6.45) is 6.28. The number of nitrogens with zero attached hydrogens (tertiary/aromatic N) is 1. The van der Waals surface area contributed by atoms with Crippen molar-refractivity contribution in [2.24, 2.45) is 0 Å². The minimum atomic E-state index is -0.0208. The Kier molecular flexibility index (Phi) is 5.38. The highest BCUT2D eigenvalue weighted by Gasteiger charge is 2.26. The number of urea groups is 1. The lowest BCUT2D eigenvalue weighted by Gasteiger charge is -2.33. The van der Waals surface area contributed by atoms with Crippen LogP contribution in [0, 0.1) is 6.92 Å². The molecule has 3 amide bonds. The second-order valence-electron chi connectivity index (χ2n) is 7.04. The average molecular weight is 329 g/mol. The summed E-state index contributed by atoms with van der Waals surface area (Å²) in [6.45, 7) is 3.40. The third-order valence-electron chi connectivity index (χ3n) is 5.08. The minimum Gasteiger partial charge on any atom is -0.349 e. The topological polar surface area (TPSA) is 61.4 Å². The van der Waals surface area contributed by atoms with Crippen molar-refractivity contribution in [3.05, 3.63) is 35.4 Å². The van der Waals surface area contributed by atoms with Crippen molar-refractivity contribution in [3.8, 4) is 0 Å². The third-order valence-corrected chi connectivity index (χ3v) is 5.08. The smallest absolute Gasteiger partial charge is 0.317 e. The number of likely N-dealkylation sites (tertiary alicyclic amines) is 1. The lowest BCUT2D eigenvalue weighted by atomic mass is 10.0. The molecule has 5 heteroatoms. The van der Waals surface area contributed by atoms with E-state index >= 15 is 0 Å². The standard InChI is InChI=1S/C19H27N3O2/c1-14-5-4-6-15(13-14)18(23)20-17-9-11-22(12-10-17)19(24)21-16-7-2-3-8-16/h4-6,13,16-17H,2-3,7-12H2,1H3,(H,20,23)(H,21,24). The molecule has 1 aromatic rings. The van der Waals surface area contributed by atoms with Crippen LogP contribution in [0.2, 0.25) is 0 Å². The molecule has 3 rings (SSSR count). The summed E-state index contributed by atoms with van der Waals surface area (Å²) in [5.41, 5.74) is 1.79. The van der Waals surface area contributed by atoms with Gasteiger partial charge >= 0.3 is 6.03 Å². The molecule has 1 saturated carbocycles. The second kappa shape index (κ2) is 7.69. The Bertz CT molecular complexity index is 588. The van der Waals surface area contributed by atoms with Crippen LogP contribution < -0.4 is 10.6 Å². The fourth-order valence-electron chi connectivity index (χ4n) is 3.62. The van der Waals surface area contributed by atoms with E-state index < -0.39 is 0 Å². The van der Waals surface area contributed by atoms with Crippen molar-refractivity contribution in [3.63, 3.8) is 0 Å². The fourth-order valence-corrected chi connectivity index (χ4v) is 3.62. The molecular formula is C19H27N3O2. The number of carbonyl (C=O) groups excluding carboxylic acids is 2. The molecule has 0 aromatic heterocycles. The molecule has 1 heterocycles. The van der Waals surface area contributed by atoms with Crippen molar-refractivity contribution in [2.75, 3.05) is 13.1 Å². The molecule has 0 radical (unpaired) electrons. The Labute approximate surface area is 143 Å². The summed E-state index contributed by atoms with van der Waals surface area (Å²) in [5, 5.41) is 6.23. The number of aryl methyl sites for hydroxylation is 1. The molecule has 0 unspecified atom stereocenters. The van der Waals surface area contributed by atoms with E-state index in [-0.39, 0.29) is 18.0 Å². The number of benzene rings is 1. The Balaban J connectivity index is 1.44. The molecule has 0 atom stereocenters. The van der Waals surface area contributed by atoms with Crippen molar-refractivity contribution in [1.82, 2.24) is 15.5 Å². The SMILES string of the molecule is Cc1cccc(C(=O)NC2CCN(C(=O)NC3CCCC3)CC2)c1. The van der Waals surface area contributed by atoms with Crippen LogP contribution >= 0.6 is 0 Å². The maximum absolute atomic E-state index is 12.3. The van der Waals surface area contributed by atoms with Crippen LogP contribution in [-0.2, 0) is 0 Å². The van der Waals surface area contributed by atoms with Gasteiger partial charge in [-0.25, -0.2) is 4.79 Å². The van der Waals surface area contributed by atoms with Gasteiger partial charge in [-0.15, -0.1) is 0 Å². The molecule has 0 spiro atoms. The van der Waals surface area contributed by atoms with Crippen LogP contribution in [0.4, 0.5) is 4.79 Å². The summed E-state index contributed by atoms with van der Waals surface area (Å²) < 4.78 is 0. The van der Waals surface area contributed by atoms with E-state index in [2.05, 4.69) is 10.6 Å². The van der Waals surface area contributed by atoms with Crippen LogP contribution in [0.3, 0.4) is 0 Å². The molecule has 2 aliphatic rings. The van der Waals surface area contributed by atoms with Crippen molar-refractivity contribution >= 4 is 11.9 Å². The maximum Gasteiger partial charge on any atom is 0.317 e. The van der Waals surface area contributed by atoms with Gasteiger partial charge in [-0.05, 0) is 44.7 Å². The first kappa shape index (κ1) is 16.8. The molecule has 2 N–H and O–H groups in total. The van der Waals surface area contributed by atoms with Gasteiger partial charge in [0.15, 0.2) is 0 Å². The highest BCUT2D eigenvalue weighted by Crippen LogP contribution is 2.19. The molecule has 2 fully saturated rings. The summed E-state index contributed by atoms with van der Waals surface area (Å²) in [5.74, 6) is -0.0208. The largest absolute Gasteiger partial charge is 0.349 e. The molecular weight excluding hydrogens is 302 g/mol. The van der Waals surface area contributed by atoms with Gasteiger partial charge in [0.05, 0.1) is 0 Å². The van der Waals surface area contributed by atoms with E-state index in [1.165, 1.54) is 12.8 Å². The molecule has 5 nitrogen and oxygen atoms in total. The van der Waals surface area contributed by atoms with E-state index in [9.17, 15) is 9.59 Å². The Morgan fingerprint density at radius 3 is 2.33 bits per heavy atom. The van der Waals surface area contributed by atoms with Gasteiger partial charge in [0.2, 0.25) is 0 Å². The third kappa shape index (κ3) is 4.28. The molecule has 1 saturated heterocycles. The van der Waals surface area contributed by atoms with Gasteiger partial charge < -0.3 is 15.5 Å². The van der Waals surface area contributed by atoms with Crippen LogP contribution in [0.25, 0.3) is 0 Å². The fraction of sp³-hybridized carbons (Fsp3) is 0.579. The Morgan fingerprint density at radius 1 is 1.00 bits per heavy atom. The van der Waals surface area contributed by atoms with E-state index in [1.807, 2.05) is 36.1 Å². The van der Waals surface area contributed by atoms with Gasteiger partial charge in [0.1, 0.15) is 0 Å². The number of hydrogen-bond donors (Lipinski definition) is 2. The van der Waals surface area contributed by atoms with E-state index in [1.54, 1.807) is 0 Å². The van der Waals surface area contributed by atoms with Crippen LogP contribution in [0.5, 0.6) is 0 Å². The van der Waals surface area contributed by atoms with E-state index in [0.717, 1.165) is 31.2 Å². The Morgan fingerprint density at radius 2 is 1.67 bits per heavy atom. The van der Waals surface area contributed by atoms with Crippen LogP contribution in [-0.4, -0.2) is 42.0 Å². The predicted octanol–water partition coefficient (Wildman–Crippen LogP) is 2.84. The summed E-state index contributed by atoms with van der Waals surface area (Å²) >= 11 is 0. The first-order valence-corrected chi connectivity index (χ1v) is 9.05. The molecule has 24 heavy (non-hydrogen) atoms. The first-order valence-electron chi connectivity index (χ1n) is 9.05. The monoisotopic (exact) mass is 329 g/mol. The number of carbonyl (C=O) groups is 2. The highest BCUT2D eigenvalue weighted by molar-refractivity contribution is 5.94. The average Bonchev–Trinajstić information content (AvgIpc) is 3.08. The first-order chi connectivity index (χ1) is 11.6. The van der Waals surface area contributed by atoms with E-state index in [4.69, 9.17) is 0 Å². The summed E-state index contributed by atoms with van der Waals surface area (Å²) in [6, 6.07) is 8.19. The second-order valence-corrected chi connectivity index (χ2v) is 7.04. The van der Waals surface area contributed by atoms with Gasteiger partial charge in [0.25, 0.3) is 5.91 Å². The summed E-state index contributed by atoms with van der Waals surface area (Å²) in [4.78, 5) is 26.5. The lowest BCUT2D eigenvalue weighted by Crippen LogP contribution is -2.51. The molecule has 0 bridgehead atoms. The molecule has 1 aliphatic heterocycles. The zero-order valence-electron chi connectivity index (χ0n) is 14.4. The normalized spacial score (nSPS) is 19.3. The van der Waals surface area contributed by atoms with Crippen molar-refractivity contribution < 1.29 is 9.59 Å². The van der Waals surface area contributed by atoms with Gasteiger partial charge in [0, 0.05) is 30.7 Å². The van der Waals surface area contributed by atoms with Crippen LogP contribution in [0.1, 0.15) is 54.4 Å².